The van der Waals surface area contributed by atoms with Crippen molar-refractivity contribution in [2.45, 2.75) is 32.7 Å². The third-order valence-electron chi connectivity index (χ3n) is 5.59. The van der Waals surface area contributed by atoms with Gasteiger partial charge in [0.1, 0.15) is 12.4 Å². The van der Waals surface area contributed by atoms with Gasteiger partial charge >= 0.3 is 0 Å². The number of amides is 1. The SMILES string of the molecule is Cc1nnc(CN=C(NCCCN(C)c2ccccc2)NCC(=O)N2CCCC2)n1C.I. The Bertz CT molecular complexity index is 864. The van der Waals surface area contributed by atoms with Crippen molar-refractivity contribution in [1.29, 1.82) is 0 Å². The number of guanidine groups is 1. The van der Waals surface area contributed by atoms with E-state index in [1.807, 2.05) is 41.6 Å². The molecular weight excluding hydrogens is 519 g/mol. The Morgan fingerprint density at radius 3 is 2.53 bits per heavy atom. The first-order valence-corrected chi connectivity index (χ1v) is 11.0. The molecule has 0 spiro atoms. The largest absolute Gasteiger partial charge is 0.375 e. The molecule has 0 bridgehead atoms. The van der Waals surface area contributed by atoms with Gasteiger partial charge in [-0.2, -0.15) is 0 Å². The van der Waals surface area contributed by atoms with Crippen LogP contribution in [0, 0.1) is 6.92 Å². The maximum absolute atomic E-state index is 12.4. The number of aryl methyl sites for hydroxylation is 1. The average Bonchev–Trinajstić information content (AvgIpc) is 3.44. The fourth-order valence-corrected chi connectivity index (χ4v) is 3.49. The Hall–Kier alpha value is -2.37. The van der Waals surface area contributed by atoms with Gasteiger partial charge in [0.2, 0.25) is 5.91 Å². The van der Waals surface area contributed by atoms with Crippen LogP contribution in [0.5, 0.6) is 0 Å². The molecule has 1 amide bonds. The lowest BCUT2D eigenvalue weighted by Crippen LogP contribution is -2.44. The molecule has 2 N–H and O–H groups in total. The van der Waals surface area contributed by atoms with Crippen molar-refractivity contribution in [3.8, 4) is 0 Å². The van der Waals surface area contributed by atoms with Crippen molar-refractivity contribution in [3.05, 3.63) is 42.0 Å². The molecule has 0 unspecified atom stereocenters. The van der Waals surface area contributed by atoms with Crippen molar-refractivity contribution in [2.75, 3.05) is 44.7 Å². The zero-order valence-electron chi connectivity index (χ0n) is 19.3. The van der Waals surface area contributed by atoms with E-state index in [-0.39, 0.29) is 36.4 Å². The van der Waals surface area contributed by atoms with Gasteiger partial charge in [-0.25, -0.2) is 4.99 Å². The number of aliphatic imine (C=N–C) groups is 1. The number of halogens is 1. The Kier molecular flexibility index (Phi) is 10.7. The second-order valence-electron chi connectivity index (χ2n) is 7.87. The summed E-state index contributed by atoms with van der Waals surface area (Å²) in [6.07, 6.45) is 3.12. The molecular formula is C22H35IN8O. The summed E-state index contributed by atoms with van der Waals surface area (Å²) >= 11 is 0. The molecule has 0 aliphatic carbocycles. The van der Waals surface area contributed by atoms with Crippen LogP contribution in [0.3, 0.4) is 0 Å². The van der Waals surface area contributed by atoms with Gasteiger partial charge in [-0.15, -0.1) is 34.2 Å². The molecule has 2 aromatic rings. The van der Waals surface area contributed by atoms with Crippen LogP contribution in [0.15, 0.2) is 35.3 Å². The third-order valence-corrected chi connectivity index (χ3v) is 5.59. The molecule has 176 valence electrons. The summed E-state index contributed by atoms with van der Waals surface area (Å²) in [5.41, 5.74) is 1.20. The molecule has 9 nitrogen and oxygen atoms in total. The fourth-order valence-electron chi connectivity index (χ4n) is 3.49. The molecule has 0 radical (unpaired) electrons. The Morgan fingerprint density at radius 1 is 1.16 bits per heavy atom. The maximum atomic E-state index is 12.4. The van der Waals surface area contributed by atoms with Gasteiger partial charge in [0.15, 0.2) is 11.8 Å². The van der Waals surface area contributed by atoms with Crippen molar-refractivity contribution in [3.63, 3.8) is 0 Å². The van der Waals surface area contributed by atoms with E-state index in [1.54, 1.807) is 0 Å². The highest BCUT2D eigenvalue weighted by Crippen LogP contribution is 2.10. The molecule has 10 heteroatoms. The van der Waals surface area contributed by atoms with E-state index in [9.17, 15) is 4.79 Å². The van der Waals surface area contributed by atoms with E-state index in [4.69, 9.17) is 0 Å². The van der Waals surface area contributed by atoms with Gasteiger partial charge in [0.05, 0.1) is 6.54 Å². The standard InChI is InChI=1S/C22H34N8O.HI/c1-18-26-27-20(29(18)3)16-24-22(25-17-21(31)30-14-7-8-15-30)23-12-9-13-28(2)19-10-5-4-6-11-19;/h4-6,10-11H,7-9,12-17H2,1-3H3,(H2,23,24,25);1H. The predicted octanol–water partition coefficient (Wildman–Crippen LogP) is 1.93. The lowest BCUT2D eigenvalue weighted by Gasteiger charge is -2.20. The highest BCUT2D eigenvalue weighted by molar-refractivity contribution is 14.0. The number of aromatic nitrogens is 3. The Balaban J connectivity index is 0.00000363. The van der Waals surface area contributed by atoms with E-state index in [1.165, 1.54) is 5.69 Å². The van der Waals surface area contributed by atoms with E-state index in [2.05, 4.69) is 49.9 Å². The first kappa shape index (κ1) is 25.9. The lowest BCUT2D eigenvalue weighted by molar-refractivity contribution is -0.128. The smallest absolute Gasteiger partial charge is 0.241 e. The summed E-state index contributed by atoms with van der Waals surface area (Å²) < 4.78 is 1.92. The molecule has 2 heterocycles. The average molecular weight is 554 g/mol. The zero-order chi connectivity index (χ0) is 22.1. The first-order valence-electron chi connectivity index (χ1n) is 11.0. The second-order valence-corrected chi connectivity index (χ2v) is 7.87. The number of carbonyl (C=O) groups excluding carboxylic acids is 1. The number of rotatable bonds is 9. The number of para-hydroxylation sites is 1. The summed E-state index contributed by atoms with van der Waals surface area (Å²) in [5.74, 6) is 2.37. The molecule has 0 atom stereocenters. The van der Waals surface area contributed by atoms with Gasteiger partial charge in [-0.05, 0) is 38.3 Å². The predicted molar refractivity (Wildman–Crippen MR) is 138 cm³/mol. The minimum Gasteiger partial charge on any atom is -0.375 e. The van der Waals surface area contributed by atoms with Crippen LogP contribution in [0.2, 0.25) is 0 Å². The summed E-state index contributed by atoms with van der Waals surface area (Å²) in [6.45, 7) is 5.92. The summed E-state index contributed by atoms with van der Waals surface area (Å²) in [5, 5.41) is 14.8. The molecule has 1 aromatic heterocycles. The second kappa shape index (κ2) is 13.2. The van der Waals surface area contributed by atoms with Crippen LogP contribution < -0.4 is 15.5 Å². The van der Waals surface area contributed by atoms with Crippen molar-refractivity contribution in [2.24, 2.45) is 12.0 Å². The highest BCUT2D eigenvalue weighted by atomic mass is 127. The number of likely N-dealkylation sites (tertiary alicyclic amines) is 1. The number of nitrogens with zero attached hydrogens (tertiary/aromatic N) is 6. The van der Waals surface area contributed by atoms with Gasteiger partial charge in [0.25, 0.3) is 0 Å². The van der Waals surface area contributed by atoms with Gasteiger partial charge < -0.3 is 25.0 Å². The number of hydrogen-bond donors (Lipinski definition) is 2. The van der Waals surface area contributed by atoms with E-state index in [0.29, 0.717) is 12.5 Å². The quantitative estimate of drug-likeness (QED) is 0.213. The van der Waals surface area contributed by atoms with Crippen molar-refractivity contribution in [1.82, 2.24) is 30.3 Å². The topological polar surface area (TPSA) is 90.7 Å². The third kappa shape index (κ3) is 7.64. The summed E-state index contributed by atoms with van der Waals surface area (Å²) in [7, 11) is 4.02. The van der Waals surface area contributed by atoms with E-state index < -0.39 is 0 Å². The number of hydrogen-bond acceptors (Lipinski definition) is 5. The summed E-state index contributed by atoms with van der Waals surface area (Å²) in [6, 6.07) is 10.3. The number of carbonyl (C=O) groups is 1. The highest BCUT2D eigenvalue weighted by Gasteiger charge is 2.17. The van der Waals surface area contributed by atoms with Gasteiger partial charge in [-0.1, -0.05) is 18.2 Å². The molecule has 32 heavy (non-hydrogen) atoms. The molecule has 1 aliphatic heterocycles. The number of nitrogens with one attached hydrogen (secondary N) is 2. The van der Waals surface area contributed by atoms with E-state index >= 15 is 0 Å². The lowest BCUT2D eigenvalue weighted by atomic mass is 10.3. The molecule has 3 rings (SSSR count). The van der Waals surface area contributed by atoms with Crippen LogP contribution in [0.1, 0.15) is 30.9 Å². The van der Waals surface area contributed by atoms with Crippen LogP contribution in [-0.4, -0.2) is 71.3 Å². The molecule has 1 aliphatic rings. The minimum absolute atomic E-state index is 0. The fraction of sp³-hybridized carbons (Fsp3) is 0.545. The normalized spacial score (nSPS) is 13.6. The molecule has 1 saturated heterocycles. The monoisotopic (exact) mass is 554 g/mol. The Labute approximate surface area is 207 Å². The van der Waals surface area contributed by atoms with Crippen LogP contribution in [0.25, 0.3) is 0 Å². The van der Waals surface area contributed by atoms with Crippen molar-refractivity contribution < 1.29 is 4.79 Å². The zero-order valence-corrected chi connectivity index (χ0v) is 21.6. The van der Waals surface area contributed by atoms with E-state index in [0.717, 1.165) is 57.1 Å². The first-order chi connectivity index (χ1) is 15.0. The Morgan fingerprint density at radius 2 is 1.88 bits per heavy atom. The maximum Gasteiger partial charge on any atom is 0.241 e. The van der Waals surface area contributed by atoms with Crippen LogP contribution in [0.4, 0.5) is 5.69 Å². The minimum atomic E-state index is 0. The number of anilines is 1. The molecule has 0 saturated carbocycles. The van der Waals surface area contributed by atoms with Gasteiger partial charge in [-0.3, -0.25) is 4.79 Å². The summed E-state index contributed by atoms with van der Waals surface area (Å²) in [4.78, 5) is 21.2. The van der Waals surface area contributed by atoms with Crippen LogP contribution in [-0.2, 0) is 18.4 Å². The van der Waals surface area contributed by atoms with Crippen LogP contribution >= 0.6 is 24.0 Å². The molecule has 1 aromatic carbocycles. The number of benzene rings is 1. The molecule has 1 fully saturated rings. The van der Waals surface area contributed by atoms with Crippen molar-refractivity contribution >= 4 is 41.5 Å². The van der Waals surface area contributed by atoms with Gasteiger partial charge in [0, 0.05) is 46.0 Å².